The summed E-state index contributed by atoms with van der Waals surface area (Å²) in [7, 11) is 0. The number of nitrogens with one attached hydrogen (secondary N) is 1. The molecule has 1 N–H and O–H groups in total. The molecule has 1 aromatic carbocycles. The lowest BCUT2D eigenvalue weighted by Crippen LogP contribution is -2.41. The van der Waals surface area contributed by atoms with Crippen molar-refractivity contribution in [1.29, 1.82) is 0 Å². The molecule has 0 bridgehead atoms. The molecule has 0 saturated carbocycles. The van der Waals surface area contributed by atoms with Crippen LogP contribution in [0.1, 0.15) is 13.8 Å². The average molecular weight is 211 g/mol. The maximum Gasteiger partial charge on any atom is 0.0768 e. The lowest BCUT2D eigenvalue weighted by Gasteiger charge is -2.37. The number of para-hydroxylation sites is 1. The molecule has 1 aliphatic rings. The maximum absolute atomic E-state index is 6.12. The van der Waals surface area contributed by atoms with Crippen LogP contribution in [0.2, 0.25) is 5.02 Å². The second-order valence-corrected chi connectivity index (χ2v) is 4.06. The summed E-state index contributed by atoms with van der Waals surface area (Å²) in [5.74, 6) is 0. The van der Waals surface area contributed by atoms with E-state index in [-0.39, 0.29) is 0 Å². The first kappa shape index (κ1) is 9.66. The lowest BCUT2D eigenvalue weighted by atomic mass is 10.1. The predicted octanol–water partition coefficient (Wildman–Crippen LogP) is 2.98. The Morgan fingerprint density at radius 1 is 1.57 bits per heavy atom. The van der Waals surface area contributed by atoms with Crippen LogP contribution in [0.25, 0.3) is 0 Å². The van der Waals surface area contributed by atoms with Crippen molar-refractivity contribution in [3.05, 3.63) is 23.2 Å². The first-order chi connectivity index (χ1) is 6.74. The third-order valence-electron chi connectivity index (χ3n) is 2.75. The van der Waals surface area contributed by atoms with Gasteiger partial charge in [-0.1, -0.05) is 17.7 Å². The van der Waals surface area contributed by atoms with Crippen LogP contribution in [0, 0.1) is 0 Å². The van der Waals surface area contributed by atoms with Gasteiger partial charge in [-0.2, -0.15) is 0 Å². The van der Waals surface area contributed by atoms with Crippen LogP contribution in [0.15, 0.2) is 18.2 Å². The Bertz CT molecular complexity index is 338. The average Bonchev–Trinajstić information content (AvgIpc) is 2.18. The Morgan fingerprint density at radius 3 is 3.07 bits per heavy atom. The van der Waals surface area contributed by atoms with Gasteiger partial charge in [-0.3, -0.25) is 0 Å². The smallest absolute Gasteiger partial charge is 0.0768 e. The zero-order chi connectivity index (χ0) is 10.1. The fourth-order valence-corrected chi connectivity index (χ4v) is 2.24. The molecule has 0 saturated heterocycles. The molecule has 1 aromatic rings. The van der Waals surface area contributed by atoms with Gasteiger partial charge in [-0.25, -0.2) is 0 Å². The summed E-state index contributed by atoms with van der Waals surface area (Å²) in [4.78, 5) is 2.37. The number of rotatable bonds is 1. The summed E-state index contributed by atoms with van der Waals surface area (Å²) in [5, 5.41) is 4.18. The van der Waals surface area contributed by atoms with Crippen LogP contribution < -0.4 is 10.2 Å². The Morgan fingerprint density at radius 2 is 2.36 bits per heavy atom. The van der Waals surface area contributed by atoms with Crippen molar-refractivity contribution >= 4 is 23.0 Å². The molecular formula is C11H15ClN2. The largest absolute Gasteiger partial charge is 0.380 e. The van der Waals surface area contributed by atoms with Crippen molar-refractivity contribution < 1.29 is 0 Å². The summed E-state index contributed by atoms with van der Waals surface area (Å²) in [6.45, 7) is 6.38. The number of fused-ring (bicyclic) bond motifs is 1. The third kappa shape index (κ3) is 1.44. The van der Waals surface area contributed by atoms with Crippen LogP contribution in [0.5, 0.6) is 0 Å². The summed E-state index contributed by atoms with van der Waals surface area (Å²) in [6, 6.07) is 6.58. The standard InChI is InChI=1S/C11H15ClN2/c1-3-14-8(2)7-13-11-9(12)5-4-6-10(11)14/h4-6,8,13H,3,7H2,1-2H3. The van der Waals surface area contributed by atoms with E-state index in [0.717, 1.165) is 23.8 Å². The van der Waals surface area contributed by atoms with Crippen LogP contribution in [0.3, 0.4) is 0 Å². The van der Waals surface area contributed by atoms with Crippen molar-refractivity contribution in [2.24, 2.45) is 0 Å². The SMILES string of the molecule is CCN1c2cccc(Cl)c2NCC1C. The van der Waals surface area contributed by atoms with Gasteiger partial charge < -0.3 is 10.2 Å². The van der Waals surface area contributed by atoms with Crippen LogP contribution in [-0.2, 0) is 0 Å². The van der Waals surface area contributed by atoms with Gasteiger partial charge in [0.15, 0.2) is 0 Å². The van der Waals surface area contributed by atoms with Crippen molar-refractivity contribution in [1.82, 2.24) is 0 Å². The summed E-state index contributed by atoms with van der Waals surface area (Å²) >= 11 is 6.12. The number of anilines is 2. The van der Waals surface area contributed by atoms with Crippen LogP contribution in [-0.4, -0.2) is 19.1 Å². The zero-order valence-electron chi connectivity index (χ0n) is 8.55. The van der Waals surface area contributed by atoms with Gasteiger partial charge in [0.25, 0.3) is 0 Å². The lowest BCUT2D eigenvalue weighted by molar-refractivity contribution is 0.659. The first-order valence-corrected chi connectivity index (χ1v) is 5.41. The Hall–Kier alpha value is -0.890. The molecule has 14 heavy (non-hydrogen) atoms. The second kappa shape index (κ2) is 3.70. The quantitative estimate of drug-likeness (QED) is 0.767. The molecule has 2 nitrogen and oxygen atoms in total. The highest BCUT2D eigenvalue weighted by atomic mass is 35.5. The molecule has 0 spiro atoms. The fraction of sp³-hybridized carbons (Fsp3) is 0.455. The van der Waals surface area contributed by atoms with Gasteiger partial charge in [0, 0.05) is 19.1 Å². The van der Waals surface area contributed by atoms with Gasteiger partial charge >= 0.3 is 0 Å². The molecule has 1 aliphatic heterocycles. The highest BCUT2D eigenvalue weighted by Crippen LogP contribution is 2.36. The minimum absolute atomic E-state index is 0.533. The second-order valence-electron chi connectivity index (χ2n) is 3.65. The van der Waals surface area contributed by atoms with E-state index in [4.69, 9.17) is 11.6 Å². The van der Waals surface area contributed by atoms with E-state index in [9.17, 15) is 0 Å². The van der Waals surface area contributed by atoms with E-state index >= 15 is 0 Å². The Balaban J connectivity index is 2.46. The molecule has 3 heteroatoms. The number of halogens is 1. The number of nitrogens with zero attached hydrogens (tertiary/aromatic N) is 1. The van der Waals surface area contributed by atoms with Crippen molar-refractivity contribution in [3.63, 3.8) is 0 Å². The topological polar surface area (TPSA) is 15.3 Å². The Labute approximate surface area is 89.9 Å². The molecule has 0 aliphatic carbocycles. The highest BCUT2D eigenvalue weighted by molar-refractivity contribution is 6.34. The number of likely N-dealkylation sites (N-methyl/N-ethyl adjacent to an activating group) is 1. The molecule has 0 fully saturated rings. The Kier molecular flexibility index (Phi) is 2.55. The van der Waals surface area contributed by atoms with Crippen molar-refractivity contribution in [2.45, 2.75) is 19.9 Å². The van der Waals surface area contributed by atoms with Gasteiger partial charge in [0.2, 0.25) is 0 Å². The van der Waals surface area contributed by atoms with E-state index in [1.54, 1.807) is 0 Å². The highest BCUT2D eigenvalue weighted by Gasteiger charge is 2.22. The van der Waals surface area contributed by atoms with Crippen molar-refractivity contribution in [3.8, 4) is 0 Å². The third-order valence-corrected chi connectivity index (χ3v) is 3.06. The van der Waals surface area contributed by atoms with E-state index in [1.165, 1.54) is 5.69 Å². The van der Waals surface area contributed by atoms with Gasteiger partial charge in [0.05, 0.1) is 16.4 Å². The predicted molar refractivity (Wildman–Crippen MR) is 62.4 cm³/mol. The van der Waals surface area contributed by atoms with E-state index in [0.29, 0.717) is 6.04 Å². The minimum atomic E-state index is 0.533. The number of hydrogen-bond acceptors (Lipinski definition) is 2. The van der Waals surface area contributed by atoms with Gasteiger partial charge in [0.1, 0.15) is 0 Å². The molecule has 0 radical (unpaired) electrons. The molecular weight excluding hydrogens is 196 g/mol. The monoisotopic (exact) mass is 210 g/mol. The minimum Gasteiger partial charge on any atom is -0.380 e. The van der Waals surface area contributed by atoms with Gasteiger partial charge in [-0.05, 0) is 26.0 Å². The van der Waals surface area contributed by atoms with Gasteiger partial charge in [-0.15, -0.1) is 0 Å². The number of hydrogen-bond donors (Lipinski definition) is 1. The molecule has 1 unspecified atom stereocenters. The summed E-state index contributed by atoms with van der Waals surface area (Å²) in [5.41, 5.74) is 2.30. The molecule has 1 heterocycles. The van der Waals surface area contributed by atoms with E-state index in [1.807, 2.05) is 12.1 Å². The molecule has 0 aromatic heterocycles. The zero-order valence-corrected chi connectivity index (χ0v) is 9.30. The molecule has 2 rings (SSSR count). The van der Waals surface area contributed by atoms with E-state index in [2.05, 4.69) is 30.1 Å². The molecule has 1 atom stereocenters. The normalized spacial score (nSPS) is 20.2. The molecule has 0 amide bonds. The van der Waals surface area contributed by atoms with Crippen LogP contribution in [0.4, 0.5) is 11.4 Å². The van der Waals surface area contributed by atoms with E-state index < -0.39 is 0 Å². The van der Waals surface area contributed by atoms with Crippen LogP contribution >= 0.6 is 11.6 Å². The molecule has 76 valence electrons. The number of benzene rings is 1. The fourth-order valence-electron chi connectivity index (χ4n) is 2.01. The summed E-state index contributed by atoms with van der Waals surface area (Å²) in [6.07, 6.45) is 0. The van der Waals surface area contributed by atoms with Crippen molar-refractivity contribution in [2.75, 3.05) is 23.3 Å². The maximum atomic E-state index is 6.12. The first-order valence-electron chi connectivity index (χ1n) is 5.03. The summed E-state index contributed by atoms with van der Waals surface area (Å²) < 4.78 is 0.